The molecule has 1 aromatic carbocycles. The number of aliphatic hydroxyl groups excluding tert-OH is 1. The van der Waals surface area contributed by atoms with E-state index in [1.54, 1.807) is 25.3 Å². The molecule has 0 aliphatic carbocycles. The lowest BCUT2D eigenvalue weighted by molar-refractivity contribution is -0.147. The van der Waals surface area contributed by atoms with Gasteiger partial charge in [-0.3, -0.25) is 9.59 Å². The van der Waals surface area contributed by atoms with E-state index in [0.717, 1.165) is 5.56 Å². The van der Waals surface area contributed by atoms with Gasteiger partial charge < -0.3 is 15.9 Å². The van der Waals surface area contributed by atoms with Crippen LogP contribution in [0.1, 0.15) is 74.6 Å². The second-order valence-electron chi connectivity index (χ2n) is 9.87. The first-order valence-corrected chi connectivity index (χ1v) is 12.2. The van der Waals surface area contributed by atoms with Crippen LogP contribution < -0.4 is 5.73 Å². The van der Waals surface area contributed by atoms with Gasteiger partial charge in [0.15, 0.2) is 0 Å². The Morgan fingerprint density at radius 1 is 1.18 bits per heavy atom. The van der Waals surface area contributed by atoms with Crippen molar-refractivity contribution in [3.8, 4) is 0 Å². The van der Waals surface area contributed by atoms with Crippen LogP contribution in [0, 0.1) is 23.2 Å². The molecule has 180 valence electrons. The zero-order valence-corrected chi connectivity index (χ0v) is 20.9. The number of benzene rings is 1. The van der Waals surface area contributed by atoms with Gasteiger partial charge in [-0.15, -0.1) is 11.3 Å². The van der Waals surface area contributed by atoms with E-state index in [1.165, 1.54) is 17.4 Å². The van der Waals surface area contributed by atoms with E-state index in [-0.39, 0.29) is 11.7 Å². The number of aromatic nitrogens is 1. The third-order valence-electron chi connectivity index (χ3n) is 6.14. The highest BCUT2D eigenvalue weighted by Gasteiger charge is 2.30. The fraction of sp³-hybridized carbons (Fsp3) is 0.500. The van der Waals surface area contributed by atoms with Crippen LogP contribution in [0.15, 0.2) is 41.8 Å². The molecule has 7 heteroatoms. The summed E-state index contributed by atoms with van der Waals surface area (Å²) in [6.45, 7) is 9.70. The van der Waals surface area contributed by atoms with Crippen LogP contribution >= 0.6 is 11.3 Å². The van der Waals surface area contributed by atoms with Gasteiger partial charge >= 0.3 is 5.97 Å². The normalized spacial score (nSPS) is 15.0. The van der Waals surface area contributed by atoms with Crippen LogP contribution in [0.25, 0.3) is 0 Å². The van der Waals surface area contributed by atoms with Crippen LogP contribution in [0.4, 0.5) is 5.69 Å². The maximum absolute atomic E-state index is 12.8. The number of nitrogens with two attached hydrogens (primary N) is 1. The van der Waals surface area contributed by atoms with Crippen molar-refractivity contribution in [3.05, 3.63) is 58.1 Å². The number of carbonyl (C=O) groups excluding carboxylic acids is 1. The van der Waals surface area contributed by atoms with Crippen molar-refractivity contribution >= 4 is 28.8 Å². The minimum atomic E-state index is -0.934. The average Bonchev–Trinajstić information content (AvgIpc) is 3.23. The summed E-state index contributed by atoms with van der Waals surface area (Å²) in [6, 6.07) is 7.45. The summed E-state index contributed by atoms with van der Waals surface area (Å²) in [5.41, 5.74) is 6.81. The number of carboxylic acids is 1. The number of allylic oxidation sites excluding steroid dienone is 2. The highest BCUT2D eigenvalue weighted by Crippen LogP contribution is 2.30. The predicted molar refractivity (Wildman–Crippen MR) is 133 cm³/mol. The molecule has 2 rings (SSSR count). The van der Waals surface area contributed by atoms with Crippen molar-refractivity contribution in [2.24, 2.45) is 23.2 Å². The second kappa shape index (κ2) is 11.6. The van der Waals surface area contributed by atoms with Crippen molar-refractivity contribution in [1.29, 1.82) is 0 Å². The summed E-state index contributed by atoms with van der Waals surface area (Å²) < 4.78 is 0. The molecule has 4 N–H and O–H groups in total. The van der Waals surface area contributed by atoms with Gasteiger partial charge in [0.2, 0.25) is 5.78 Å². The topological polar surface area (TPSA) is 114 Å². The Bertz CT molecular complexity index is 963. The summed E-state index contributed by atoms with van der Waals surface area (Å²) in [5.74, 6) is -0.485. The molecule has 0 aliphatic rings. The quantitative estimate of drug-likeness (QED) is 0.212. The smallest absolute Gasteiger partial charge is 0.309 e. The van der Waals surface area contributed by atoms with E-state index in [4.69, 9.17) is 5.73 Å². The molecule has 2 aromatic rings. The van der Waals surface area contributed by atoms with Crippen LogP contribution in [-0.2, 0) is 11.2 Å². The van der Waals surface area contributed by atoms with Crippen molar-refractivity contribution in [1.82, 2.24) is 4.98 Å². The molecule has 1 heterocycles. The number of carbonyl (C=O) groups is 2. The van der Waals surface area contributed by atoms with Crippen molar-refractivity contribution in [2.45, 2.75) is 60.0 Å². The maximum Gasteiger partial charge on any atom is 0.309 e. The molecule has 0 amide bonds. The van der Waals surface area contributed by atoms with Gasteiger partial charge in [0.1, 0.15) is 16.8 Å². The standard InChI is InChI=1S/C26H36N2O4S/c1-16(2)17(3)12-23(30)24-28-21(15-33-24)22(29)11-8-19(14-26(4,5)25(31)32)13-18-6-9-20(27)10-7-18/h6-11,15-17,19,23,30H,12-14,27H2,1-5H3,(H,31,32)/b11-8+/t17-,19+,23-/m1/s1. The molecule has 0 saturated carbocycles. The van der Waals surface area contributed by atoms with Crippen LogP contribution in [0.5, 0.6) is 0 Å². The van der Waals surface area contributed by atoms with E-state index < -0.39 is 17.5 Å². The highest BCUT2D eigenvalue weighted by molar-refractivity contribution is 7.09. The summed E-state index contributed by atoms with van der Waals surface area (Å²) in [6.07, 6.45) is 4.14. The Morgan fingerprint density at radius 2 is 1.82 bits per heavy atom. The first-order valence-electron chi connectivity index (χ1n) is 11.3. The first-order chi connectivity index (χ1) is 15.4. The lowest BCUT2D eigenvalue weighted by atomic mass is 9.80. The molecule has 0 radical (unpaired) electrons. The Hall–Kier alpha value is -2.51. The van der Waals surface area contributed by atoms with Gasteiger partial charge in [-0.05, 0) is 74.6 Å². The van der Waals surface area contributed by atoms with Gasteiger partial charge in [-0.2, -0.15) is 0 Å². The third kappa shape index (κ3) is 8.09. The number of anilines is 1. The highest BCUT2D eigenvalue weighted by atomic mass is 32.1. The molecule has 0 bridgehead atoms. The van der Waals surface area contributed by atoms with Gasteiger partial charge in [-0.25, -0.2) is 4.98 Å². The van der Waals surface area contributed by atoms with Crippen molar-refractivity contribution < 1.29 is 19.8 Å². The number of nitrogens with zero attached hydrogens (tertiary/aromatic N) is 1. The number of ketones is 1. The number of rotatable bonds is 12. The zero-order chi connectivity index (χ0) is 24.8. The fourth-order valence-electron chi connectivity index (χ4n) is 3.50. The minimum absolute atomic E-state index is 0.153. The van der Waals surface area contributed by atoms with Crippen molar-refractivity contribution in [3.63, 3.8) is 0 Å². The largest absolute Gasteiger partial charge is 0.481 e. The molecule has 0 aliphatic heterocycles. The Morgan fingerprint density at radius 3 is 2.39 bits per heavy atom. The molecule has 6 nitrogen and oxygen atoms in total. The van der Waals surface area contributed by atoms with Gasteiger partial charge in [0.05, 0.1) is 5.41 Å². The van der Waals surface area contributed by atoms with Crippen LogP contribution in [-0.4, -0.2) is 26.9 Å². The fourth-order valence-corrected chi connectivity index (χ4v) is 4.30. The van der Waals surface area contributed by atoms with Crippen LogP contribution in [0.3, 0.4) is 0 Å². The summed E-state index contributed by atoms with van der Waals surface area (Å²) >= 11 is 1.29. The molecule has 3 atom stereocenters. The SMILES string of the molecule is CC(C)[C@H](C)C[C@@H](O)c1nc(C(=O)/C=C/[C@@H](Cc2ccc(N)cc2)CC(C)(C)C(=O)O)cs1. The molecule has 0 saturated heterocycles. The molecular weight excluding hydrogens is 436 g/mol. The van der Waals surface area contributed by atoms with Crippen LogP contribution in [0.2, 0.25) is 0 Å². The lowest BCUT2D eigenvalue weighted by Gasteiger charge is -2.24. The Kier molecular flexibility index (Phi) is 9.37. The van der Waals surface area contributed by atoms with Crippen molar-refractivity contribution in [2.75, 3.05) is 5.73 Å². The molecule has 0 unspecified atom stereocenters. The van der Waals surface area contributed by atoms with E-state index in [2.05, 4.69) is 25.8 Å². The van der Waals surface area contributed by atoms with Gasteiger partial charge in [-0.1, -0.05) is 39.0 Å². The summed E-state index contributed by atoms with van der Waals surface area (Å²) in [4.78, 5) is 28.8. The number of thiazole rings is 1. The lowest BCUT2D eigenvalue weighted by Crippen LogP contribution is -2.27. The summed E-state index contributed by atoms with van der Waals surface area (Å²) in [7, 11) is 0. The Balaban J connectivity index is 2.14. The number of aliphatic hydroxyl groups is 1. The van der Waals surface area contributed by atoms with Gasteiger partial charge in [0, 0.05) is 11.1 Å². The maximum atomic E-state index is 12.8. The number of hydrogen-bond acceptors (Lipinski definition) is 6. The summed E-state index contributed by atoms with van der Waals surface area (Å²) in [5, 5.41) is 22.2. The molecular formula is C26H36N2O4S. The minimum Gasteiger partial charge on any atom is -0.481 e. The number of nitrogen functional groups attached to an aromatic ring is 1. The monoisotopic (exact) mass is 472 g/mol. The number of carboxylic acid groups (broad SMARTS) is 1. The van der Waals surface area contributed by atoms with E-state index >= 15 is 0 Å². The predicted octanol–water partition coefficient (Wildman–Crippen LogP) is 5.54. The third-order valence-corrected chi connectivity index (χ3v) is 7.09. The Labute approximate surface area is 200 Å². The number of aliphatic carboxylic acids is 1. The second-order valence-corrected chi connectivity index (χ2v) is 10.8. The number of hydrogen-bond donors (Lipinski definition) is 3. The zero-order valence-electron chi connectivity index (χ0n) is 20.1. The van der Waals surface area contributed by atoms with E-state index in [0.29, 0.717) is 47.5 Å². The first kappa shape index (κ1) is 26.7. The molecule has 33 heavy (non-hydrogen) atoms. The van der Waals surface area contributed by atoms with E-state index in [1.807, 2.05) is 24.3 Å². The average molecular weight is 473 g/mol. The molecule has 0 spiro atoms. The molecule has 1 aromatic heterocycles. The van der Waals surface area contributed by atoms with Gasteiger partial charge in [0.25, 0.3) is 0 Å². The van der Waals surface area contributed by atoms with E-state index in [9.17, 15) is 19.8 Å². The molecule has 0 fully saturated rings.